The van der Waals surface area contributed by atoms with Crippen molar-refractivity contribution in [1.82, 2.24) is 0 Å². The first-order valence-electron chi connectivity index (χ1n) is 26.5. The van der Waals surface area contributed by atoms with E-state index in [9.17, 15) is 14.4 Å². The lowest BCUT2D eigenvalue weighted by atomic mass is 10.1. The third kappa shape index (κ3) is 49.7. The highest BCUT2D eigenvalue weighted by atomic mass is 16.6. The van der Waals surface area contributed by atoms with E-state index >= 15 is 0 Å². The molecule has 1 atom stereocenters. The molecule has 0 saturated carbocycles. The lowest BCUT2D eigenvalue weighted by molar-refractivity contribution is -0.167. The van der Waals surface area contributed by atoms with E-state index in [4.69, 9.17) is 14.2 Å². The maximum Gasteiger partial charge on any atom is 0.306 e. The van der Waals surface area contributed by atoms with Crippen molar-refractivity contribution in [1.29, 1.82) is 0 Å². The summed E-state index contributed by atoms with van der Waals surface area (Å²) in [5.74, 6) is -0.925. The Labute approximate surface area is 389 Å². The zero-order valence-electron chi connectivity index (χ0n) is 41.3. The summed E-state index contributed by atoms with van der Waals surface area (Å²) in [4.78, 5) is 38.0. The third-order valence-electron chi connectivity index (χ3n) is 11.2. The summed E-state index contributed by atoms with van der Waals surface area (Å²) in [6.45, 7) is 6.44. The quantitative estimate of drug-likeness (QED) is 0.0199. The zero-order chi connectivity index (χ0) is 45.8. The molecular formula is C57H98O6. The molecule has 0 spiro atoms. The Hall–Kier alpha value is -3.15. The summed E-state index contributed by atoms with van der Waals surface area (Å²) in [5, 5.41) is 0. The normalized spacial score (nSPS) is 12.6. The predicted octanol–water partition coefficient (Wildman–Crippen LogP) is 17.4. The van der Waals surface area contributed by atoms with Crippen molar-refractivity contribution in [2.24, 2.45) is 0 Å². The van der Waals surface area contributed by atoms with Crippen LogP contribution in [0.15, 0.2) is 72.9 Å². The Morgan fingerprint density at radius 1 is 0.349 bits per heavy atom. The van der Waals surface area contributed by atoms with E-state index in [0.717, 1.165) is 89.9 Å². The van der Waals surface area contributed by atoms with Crippen LogP contribution in [0.25, 0.3) is 0 Å². The number of esters is 3. The van der Waals surface area contributed by atoms with Crippen LogP contribution in [0.3, 0.4) is 0 Å². The van der Waals surface area contributed by atoms with Crippen molar-refractivity contribution in [3.63, 3.8) is 0 Å². The smallest absolute Gasteiger partial charge is 0.306 e. The van der Waals surface area contributed by atoms with Crippen LogP contribution in [0.4, 0.5) is 0 Å². The van der Waals surface area contributed by atoms with Gasteiger partial charge in [0.2, 0.25) is 0 Å². The van der Waals surface area contributed by atoms with Gasteiger partial charge in [0, 0.05) is 19.3 Å². The Balaban J connectivity index is 4.37. The van der Waals surface area contributed by atoms with E-state index in [0.29, 0.717) is 19.3 Å². The first kappa shape index (κ1) is 59.9. The summed E-state index contributed by atoms with van der Waals surface area (Å²) in [6, 6.07) is 0. The van der Waals surface area contributed by atoms with Gasteiger partial charge in [-0.1, -0.05) is 209 Å². The number of ether oxygens (including phenoxy) is 3. The van der Waals surface area contributed by atoms with Gasteiger partial charge in [-0.05, 0) is 96.3 Å². The number of hydrogen-bond acceptors (Lipinski definition) is 6. The van der Waals surface area contributed by atoms with E-state index in [1.54, 1.807) is 0 Å². The first-order chi connectivity index (χ1) is 31.0. The summed E-state index contributed by atoms with van der Waals surface area (Å²) >= 11 is 0. The Kier molecular flexibility index (Phi) is 48.9. The molecule has 0 amide bonds. The molecule has 0 aliphatic rings. The number of allylic oxidation sites excluding steroid dienone is 12. The molecule has 0 aromatic heterocycles. The SMILES string of the molecule is CC/C=C\C/C=C\C/C=C\CCCCCCCCCCCC(=O)OCC(COC(=O)CCCCC/C=C\C=C/CCCC)OC(=O)CCCCCCCCC/C=C\CCCCCC. The van der Waals surface area contributed by atoms with Gasteiger partial charge in [0.05, 0.1) is 0 Å². The van der Waals surface area contributed by atoms with Crippen LogP contribution < -0.4 is 0 Å². The molecule has 1 unspecified atom stereocenters. The molecule has 0 saturated heterocycles. The molecule has 0 aliphatic carbocycles. The van der Waals surface area contributed by atoms with Crippen LogP contribution in [0.1, 0.15) is 252 Å². The lowest BCUT2D eigenvalue weighted by Crippen LogP contribution is -2.30. The van der Waals surface area contributed by atoms with Gasteiger partial charge >= 0.3 is 17.9 Å². The van der Waals surface area contributed by atoms with Crippen LogP contribution in [-0.2, 0) is 28.6 Å². The topological polar surface area (TPSA) is 78.9 Å². The highest BCUT2D eigenvalue weighted by Gasteiger charge is 2.19. The summed E-state index contributed by atoms with van der Waals surface area (Å²) < 4.78 is 16.8. The minimum Gasteiger partial charge on any atom is -0.462 e. The number of carbonyl (C=O) groups excluding carboxylic acids is 3. The second-order valence-corrected chi connectivity index (χ2v) is 17.4. The number of hydrogen-bond donors (Lipinski definition) is 0. The number of rotatable bonds is 47. The van der Waals surface area contributed by atoms with Gasteiger partial charge in [-0.15, -0.1) is 0 Å². The standard InChI is InChI=1S/C57H98O6/c1-4-7-10-13-16-19-22-24-26-27-28-29-31-32-35-38-41-44-47-50-56(59)62-53-54(52-61-55(58)49-46-43-40-37-34-21-18-15-12-9-6-3)63-57(60)51-48-45-42-39-36-33-30-25-23-20-17-14-11-8-5-2/h7,10,15-16,18-21,23-24,26,34,54H,4-6,8-9,11-14,17,22,25,27-33,35-53H2,1-3H3/b10-7-,18-15-,19-16-,23-20-,26-24-,34-21-. The molecule has 0 heterocycles. The predicted molar refractivity (Wildman–Crippen MR) is 270 cm³/mol. The van der Waals surface area contributed by atoms with Crippen LogP contribution in [0, 0.1) is 0 Å². The van der Waals surface area contributed by atoms with Crippen molar-refractivity contribution < 1.29 is 28.6 Å². The minimum atomic E-state index is -0.789. The maximum atomic E-state index is 12.8. The van der Waals surface area contributed by atoms with Crippen LogP contribution in [-0.4, -0.2) is 37.2 Å². The van der Waals surface area contributed by atoms with Gasteiger partial charge in [-0.25, -0.2) is 0 Å². The van der Waals surface area contributed by atoms with E-state index in [1.807, 2.05) is 0 Å². The second-order valence-electron chi connectivity index (χ2n) is 17.4. The van der Waals surface area contributed by atoms with Crippen molar-refractivity contribution in [2.75, 3.05) is 13.2 Å². The Morgan fingerprint density at radius 3 is 1.14 bits per heavy atom. The maximum absolute atomic E-state index is 12.8. The van der Waals surface area contributed by atoms with Gasteiger partial charge < -0.3 is 14.2 Å². The summed E-state index contributed by atoms with van der Waals surface area (Å²) in [6.07, 6.45) is 64.6. The van der Waals surface area contributed by atoms with Gasteiger partial charge in [-0.2, -0.15) is 0 Å². The fraction of sp³-hybridized carbons (Fsp3) is 0.737. The molecule has 362 valence electrons. The van der Waals surface area contributed by atoms with Gasteiger partial charge in [0.25, 0.3) is 0 Å². The van der Waals surface area contributed by atoms with Crippen LogP contribution >= 0.6 is 0 Å². The zero-order valence-corrected chi connectivity index (χ0v) is 41.3. The van der Waals surface area contributed by atoms with E-state index in [1.165, 1.54) is 122 Å². The summed E-state index contributed by atoms with van der Waals surface area (Å²) in [7, 11) is 0. The van der Waals surface area contributed by atoms with Crippen LogP contribution in [0.5, 0.6) is 0 Å². The molecular weight excluding hydrogens is 781 g/mol. The van der Waals surface area contributed by atoms with Gasteiger partial charge in [0.1, 0.15) is 13.2 Å². The number of unbranched alkanes of at least 4 members (excludes halogenated alkanes) is 25. The van der Waals surface area contributed by atoms with Crippen LogP contribution in [0.2, 0.25) is 0 Å². The second kappa shape index (κ2) is 51.5. The summed E-state index contributed by atoms with van der Waals surface area (Å²) in [5.41, 5.74) is 0. The Morgan fingerprint density at radius 2 is 0.683 bits per heavy atom. The minimum absolute atomic E-state index is 0.0884. The first-order valence-corrected chi connectivity index (χ1v) is 26.5. The molecule has 0 radical (unpaired) electrons. The Bertz CT molecular complexity index is 1190. The van der Waals surface area contributed by atoms with Gasteiger partial charge in [-0.3, -0.25) is 14.4 Å². The van der Waals surface area contributed by atoms with Gasteiger partial charge in [0.15, 0.2) is 6.10 Å². The number of carbonyl (C=O) groups is 3. The monoisotopic (exact) mass is 879 g/mol. The molecule has 0 bridgehead atoms. The van der Waals surface area contributed by atoms with E-state index in [-0.39, 0.29) is 31.1 Å². The molecule has 0 aromatic carbocycles. The average molecular weight is 879 g/mol. The van der Waals surface area contributed by atoms with Crippen molar-refractivity contribution in [2.45, 2.75) is 258 Å². The van der Waals surface area contributed by atoms with Crippen molar-refractivity contribution >= 4 is 17.9 Å². The van der Waals surface area contributed by atoms with Crippen molar-refractivity contribution in [3.8, 4) is 0 Å². The van der Waals surface area contributed by atoms with E-state index in [2.05, 4.69) is 93.7 Å². The molecule has 0 fully saturated rings. The molecule has 0 rings (SSSR count). The van der Waals surface area contributed by atoms with Crippen molar-refractivity contribution in [3.05, 3.63) is 72.9 Å². The largest absolute Gasteiger partial charge is 0.462 e. The molecule has 0 aliphatic heterocycles. The third-order valence-corrected chi connectivity index (χ3v) is 11.2. The molecule has 63 heavy (non-hydrogen) atoms. The highest BCUT2D eigenvalue weighted by Crippen LogP contribution is 2.15. The molecule has 0 N–H and O–H groups in total. The lowest BCUT2D eigenvalue weighted by Gasteiger charge is -2.18. The van der Waals surface area contributed by atoms with E-state index < -0.39 is 6.10 Å². The highest BCUT2D eigenvalue weighted by molar-refractivity contribution is 5.71. The molecule has 6 heteroatoms. The fourth-order valence-electron chi connectivity index (χ4n) is 7.19. The molecule has 6 nitrogen and oxygen atoms in total. The average Bonchev–Trinajstić information content (AvgIpc) is 3.28. The fourth-order valence-corrected chi connectivity index (χ4v) is 7.19. The molecule has 0 aromatic rings.